The molecule has 17 heavy (non-hydrogen) atoms. The molecule has 0 aromatic heterocycles. The lowest BCUT2D eigenvalue weighted by atomic mass is 9.95. The highest BCUT2D eigenvalue weighted by molar-refractivity contribution is 5.78. The SMILES string of the molecule is N#CC1CCCN1CC(=O)NC1CCCCC1. The van der Waals surface area contributed by atoms with E-state index in [-0.39, 0.29) is 11.9 Å². The van der Waals surface area contributed by atoms with Gasteiger partial charge in [-0.1, -0.05) is 19.3 Å². The van der Waals surface area contributed by atoms with Crippen LogP contribution in [-0.2, 0) is 4.79 Å². The first kappa shape index (κ1) is 12.4. The summed E-state index contributed by atoms with van der Waals surface area (Å²) in [6, 6.07) is 2.59. The van der Waals surface area contributed by atoms with Crippen LogP contribution in [0.2, 0.25) is 0 Å². The minimum atomic E-state index is -0.0490. The smallest absolute Gasteiger partial charge is 0.234 e. The van der Waals surface area contributed by atoms with Gasteiger partial charge in [-0.05, 0) is 25.7 Å². The molecule has 1 amide bonds. The molecule has 1 saturated carbocycles. The zero-order valence-electron chi connectivity index (χ0n) is 10.3. The fraction of sp³-hybridized carbons (Fsp3) is 0.846. The van der Waals surface area contributed by atoms with Crippen LogP contribution in [0.1, 0.15) is 44.9 Å². The van der Waals surface area contributed by atoms with Crippen LogP contribution in [0.4, 0.5) is 0 Å². The lowest BCUT2D eigenvalue weighted by Gasteiger charge is -2.25. The van der Waals surface area contributed by atoms with Crippen molar-refractivity contribution < 1.29 is 4.79 Å². The van der Waals surface area contributed by atoms with Crippen molar-refractivity contribution in [1.29, 1.82) is 5.26 Å². The molecule has 0 radical (unpaired) electrons. The molecular weight excluding hydrogens is 214 g/mol. The largest absolute Gasteiger partial charge is 0.352 e. The number of nitrogens with one attached hydrogen (secondary N) is 1. The van der Waals surface area contributed by atoms with E-state index in [1.54, 1.807) is 0 Å². The Morgan fingerprint density at radius 1 is 1.24 bits per heavy atom. The summed E-state index contributed by atoms with van der Waals surface area (Å²) in [5.41, 5.74) is 0. The number of nitriles is 1. The molecule has 2 fully saturated rings. The molecule has 0 bridgehead atoms. The summed E-state index contributed by atoms with van der Waals surface area (Å²) >= 11 is 0. The number of carbonyl (C=O) groups excluding carboxylic acids is 1. The first-order valence-corrected chi connectivity index (χ1v) is 6.72. The first-order chi connectivity index (χ1) is 8.29. The second-order valence-electron chi connectivity index (χ2n) is 5.16. The van der Waals surface area contributed by atoms with Crippen molar-refractivity contribution in [2.45, 2.75) is 57.0 Å². The molecule has 94 valence electrons. The summed E-state index contributed by atoms with van der Waals surface area (Å²) in [4.78, 5) is 13.9. The van der Waals surface area contributed by atoms with Crippen LogP contribution in [-0.4, -0.2) is 36.0 Å². The third kappa shape index (κ3) is 3.44. The Bertz CT molecular complexity index is 304. The molecule has 0 aromatic rings. The molecule has 4 nitrogen and oxygen atoms in total. The normalized spacial score (nSPS) is 26.6. The molecule has 0 aromatic carbocycles. The summed E-state index contributed by atoms with van der Waals surface area (Å²) in [5, 5.41) is 12.0. The van der Waals surface area contributed by atoms with Crippen molar-refractivity contribution >= 4 is 5.91 Å². The van der Waals surface area contributed by atoms with E-state index in [4.69, 9.17) is 5.26 Å². The molecular formula is C13H21N3O. The summed E-state index contributed by atoms with van der Waals surface area (Å²) in [6.45, 7) is 1.28. The predicted molar refractivity (Wildman–Crippen MR) is 65.2 cm³/mol. The fourth-order valence-corrected chi connectivity index (χ4v) is 2.87. The van der Waals surface area contributed by atoms with E-state index < -0.39 is 0 Å². The average molecular weight is 235 g/mol. The highest BCUT2D eigenvalue weighted by Gasteiger charge is 2.26. The number of hydrogen-bond acceptors (Lipinski definition) is 3. The molecule has 1 N–H and O–H groups in total. The van der Waals surface area contributed by atoms with Crippen LogP contribution >= 0.6 is 0 Å². The Kier molecular flexibility index (Phi) is 4.38. The maximum Gasteiger partial charge on any atom is 0.234 e. The van der Waals surface area contributed by atoms with E-state index in [1.807, 2.05) is 4.90 Å². The first-order valence-electron chi connectivity index (χ1n) is 6.72. The third-order valence-electron chi connectivity index (χ3n) is 3.83. The molecule has 1 unspecified atom stereocenters. The van der Waals surface area contributed by atoms with E-state index in [0.29, 0.717) is 12.6 Å². The summed E-state index contributed by atoms with van der Waals surface area (Å²) < 4.78 is 0. The van der Waals surface area contributed by atoms with E-state index in [1.165, 1.54) is 19.3 Å². The van der Waals surface area contributed by atoms with Crippen LogP contribution in [0.3, 0.4) is 0 Å². The third-order valence-corrected chi connectivity index (χ3v) is 3.83. The monoisotopic (exact) mass is 235 g/mol. The average Bonchev–Trinajstić information content (AvgIpc) is 2.77. The Morgan fingerprint density at radius 2 is 2.00 bits per heavy atom. The fourth-order valence-electron chi connectivity index (χ4n) is 2.87. The molecule has 1 atom stereocenters. The Hall–Kier alpha value is -1.08. The summed E-state index contributed by atoms with van der Waals surface area (Å²) in [5.74, 6) is 0.0963. The summed E-state index contributed by atoms with van der Waals surface area (Å²) in [6.07, 6.45) is 7.95. The number of nitrogens with zero attached hydrogens (tertiary/aromatic N) is 2. The van der Waals surface area contributed by atoms with Crippen LogP contribution in [0.15, 0.2) is 0 Å². The lowest BCUT2D eigenvalue weighted by Crippen LogP contribution is -2.43. The minimum Gasteiger partial charge on any atom is -0.352 e. The maximum atomic E-state index is 11.9. The van der Waals surface area contributed by atoms with Gasteiger partial charge < -0.3 is 5.32 Å². The maximum absolute atomic E-state index is 11.9. The van der Waals surface area contributed by atoms with Gasteiger partial charge in [-0.3, -0.25) is 9.69 Å². The van der Waals surface area contributed by atoms with Gasteiger partial charge in [0.25, 0.3) is 0 Å². The second-order valence-corrected chi connectivity index (χ2v) is 5.16. The molecule has 1 aliphatic carbocycles. The van der Waals surface area contributed by atoms with Crippen LogP contribution in [0, 0.1) is 11.3 Å². The molecule has 1 heterocycles. The molecule has 2 aliphatic rings. The minimum absolute atomic E-state index is 0.0490. The second kappa shape index (κ2) is 6.02. The van der Waals surface area contributed by atoms with Gasteiger partial charge in [0, 0.05) is 12.6 Å². The van der Waals surface area contributed by atoms with Gasteiger partial charge in [0.1, 0.15) is 0 Å². The van der Waals surface area contributed by atoms with Gasteiger partial charge in [-0.25, -0.2) is 0 Å². The topological polar surface area (TPSA) is 56.1 Å². The van der Waals surface area contributed by atoms with Gasteiger partial charge in [-0.15, -0.1) is 0 Å². The van der Waals surface area contributed by atoms with E-state index in [9.17, 15) is 4.79 Å². The van der Waals surface area contributed by atoms with Crippen LogP contribution in [0.5, 0.6) is 0 Å². The number of rotatable bonds is 3. The standard InChI is InChI=1S/C13H21N3O/c14-9-12-7-4-8-16(12)10-13(17)15-11-5-2-1-3-6-11/h11-12H,1-8,10H2,(H,15,17). The van der Waals surface area contributed by atoms with Gasteiger partial charge >= 0.3 is 0 Å². The van der Waals surface area contributed by atoms with Crippen LogP contribution in [0.25, 0.3) is 0 Å². The van der Waals surface area contributed by atoms with Crippen LogP contribution < -0.4 is 5.32 Å². The van der Waals surface area contributed by atoms with Crippen molar-refractivity contribution in [3.63, 3.8) is 0 Å². The zero-order valence-corrected chi connectivity index (χ0v) is 10.3. The number of hydrogen-bond donors (Lipinski definition) is 1. The molecule has 4 heteroatoms. The van der Waals surface area contributed by atoms with Crippen molar-refractivity contribution in [3.8, 4) is 6.07 Å². The lowest BCUT2D eigenvalue weighted by molar-refractivity contribution is -0.123. The van der Waals surface area contributed by atoms with E-state index in [2.05, 4.69) is 11.4 Å². The van der Waals surface area contributed by atoms with Gasteiger partial charge in [-0.2, -0.15) is 5.26 Å². The zero-order chi connectivity index (χ0) is 12.1. The van der Waals surface area contributed by atoms with Gasteiger partial charge in [0.15, 0.2) is 0 Å². The van der Waals surface area contributed by atoms with E-state index in [0.717, 1.165) is 32.2 Å². The molecule has 1 saturated heterocycles. The van der Waals surface area contributed by atoms with Crippen molar-refractivity contribution in [2.75, 3.05) is 13.1 Å². The number of likely N-dealkylation sites (tertiary alicyclic amines) is 1. The molecule has 0 spiro atoms. The Labute approximate surface area is 103 Å². The number of carbonyl (C=O) groups is 1. The van der Waals surface area contributed by atoms with Crippen molar-refractivity contribution in [1.82, 2.24) is 10.2 Å². The summed E-state index contributed by atoms with van der Waals surface area (Å²) in [7, 11) is 0. The quantitative estimate of drug-likeness (QED) is 0.805. The van der Waals surface area contributed by atoms with Crippen molar-refractivity contribution in [2.24, 2.45) is 0 Å². The predicted octanol–water partition coefficient (Wildman–Crippen LogP) is 1.42. The molecule has 2 rings (SSSR count). The highest BCUT2D eigenvalue weighted by Crippen LogP contribution is 2.18. The van der Waals surface area contributed by atoms with Gasteiger partial charge in [0.2, 0.25) is 5.91 Å². The van der Waals surface area contributed by atoms with Crippen molar-refractivity contribution in [3.05, 3.63) is 0 Å². The van der Waals surface area contributed by atoms with E-state index >= 15 is 0 Å². The highest BCUT2D eigenvalue weighted by atomic mass is 16.2. The Balaban J connectivity index is 1.75. The van der Waals surface area contributed by atoms with Gasteiger partial charge in [0.05, 0.1) is 18.7 Å². The molecule has 1 aliphatic heterocycles. The Morgan fingerprint density at radius 3 is 2.71 bits per heavy atom. The number of amides is 1.